The molecule has 0 unspecified atom stereocenters. The zero-order valence-electron chi connectivity index (χ0n) is 10.2. The van der Waals surface area contributed by atoms with Crippen LogP contribution in [0.1, 0.15) is 12.5 Å². The van der Waals surface area contributed by atoms with E-state index in [0.717, 1.165) is 17.1 Å². The number of pyridine rings is 2. The summed E-state index contributed by atoms with van der Waals surface area (Å²) in [6.07, 6.45) is 1.72. The van der Waals surface area contributed by atoms with Crippen LogP contribution in [-0.4, -0.2) is 15.9 Å². The Hall–Kier alpha value is -1.95. The summed E-state index contributed by atoms with van der Waals surface area (Å²) < 4.78 is 0.693. The van der Waals surface area contributed by atoms with E-state index in [1.165, 1.54) is 6.92 Å². The van der Waals surface area contributed by atoms with Gasteiger partial charge >= 0.3 is 0 Å². The van der Waals surface area contributed by atoms with Gasteiger partial charge in [0.05, 0.1) is 12.2 Å². The van der Waals surface area contributed by atoms with Crippen LogP contribution in [0.2, 0.25) is 0 Å². The first-order valence-electron chi connectivity index (χ1n) is 5.81. The first-order chi connectivity index (χ1) is 9.15. The molecule has 5 nitrogen and oxygen atoms in total. The van der Waals surface area contributed by atoms with Crippen molar-refractivity contribution in [3.63, 3.8) is 0 Å². The highest BCUT2D eigenvalue weighted by Crippen LogP contribution is 2.34. The van der Waals surface area contributed by atoms with Crippen molar-refractivity contribution in [2.24, 2.45) is 0 Å². The number of anilines is 3. The molecule has 3 rings (SSSR count). The molecule has 0 atom stereocenters. The van der Waals surface area contributed by atoms with Gasteiger partial charge in [-0.1, -0.05) is 6.07 Å². The van der Waals surface area contributed by atoms with E-state index in [9.17, 15) is 4.79 Å². The van der Waals surface area contributed by atoms with Gasteiger partial charge in [0.2, 0.25) is 5.91 Å². The Morgan fingerprint density at radius 3 is 3.05 bits per heavy atom. The van der Waals surface area contributed by atoms with Gasteiger partial charge in [0.25, 0.3) is 0 Å². The van der Waals surface area contributed by atoms with Gasteiger partial charge in [-0.3, -0.25) is 9.69 Å². The Labute approximate surface area is 118 Å². The van der Waals surface area contributed by atoms with Gasteiger partial charge in [-0.25, -0.2) is 9.97 Å². The topological polar surface area (TPSA) is 58.1 Å². The molecule has 2 aromatic rings. The normalized spacial score (nSPS) is 13.1. The third-order valence-corrected chi connectivity index (χ3v) is 3.39. The molecule has 96 valence electrons. The van der Waals surface area contributed by atoms with Gasteiger partial charge in [0.1, 0.15) is 10.4 Å². The molecule has 0 aliphatic carbocycles. The minimum atomic E-state index is -0.0506. The molecular formula is C13H11BrN4O. The lowest BCUT2D eigenvalue weighted by atomic mass is 10.2. The van der Waals surface area contributed by atoms with E-state index in [1.54, 1.807) is 11.1 Å². The van der Waals surface area contributed by atoms with Gasteiger partial charge in [0.15, 0.2) is 5.82 Å². The van der Waals surface area contributed by atoms with Crippen LogP contribution in [0.4, 0.5) is 17.3 Å². The van der Waals surface area contributed by atoms with Crippen molar-refractivity contribution in [2.45, 2.75) is 13.5 Å². The Morgan fingerprint density at radius 1 is 1.42 bits per heavy atom. The lowest BCUT2D eigenvalue weighted by Crippen LogP contribution is -2.28. The molecule has 3 heterocycles. The summed E-state index contributed by atoms with van der Waals surface area (Å²) in [5.41, 5.74) is 1.74. The summed E-state index contributed by atoms with van der Waals surface area (Å²) in [4.78, 5) is 22.2. The monoisotopic (exact) mass is 318 g/mol. The molecule has 0 saturated carbocycles. The number of carbonyl (C=O) groups is 1. The zero-order valence-corrected chi connectivity index (χ0v) is 11.8. The highest BCUT2D eigenvalue weighted by molar-refractivity contribution is 9.10. The molecule has 1 aliphatic rings. The van der Waals surface area contributed by atoms with Crippen molar-refractivity contribution < 1.29 is 4.79 Å². The highest BCUT2D eigenvalue weighted by Gasteiger charge is 2.23. The van der Waals surface area contributed by atoms with E-state index in [1.807, 2.05) is 24.3 Å². The third-order valence-electron chi connectivity index (χ3n) is 2.95. The number of carbonyl (C=O) groups excluding carboxylic acids is 1. The van der Waals surface area contributed by atoms with Crippen molar-refractivity contribution >= 4 is 39.2 Å². The number of hydrogen-bond acceptors (Lipinski definition) is 4. The fourth-order valence-electron chi connectivity index (χ4n) is 2.04. The molecule has 0 spiro atoms. The summed E-state index contributed by atoms with van der Waals surface area (Å²) in [5, 5.41) is 3.23. The van der Waals surface area contributed by atoms with Crippen molar-refractivity contribution in [1.82, 2.24) is 9.97 Å². The molecule has 0 fully saturated rings. The largest absolute Gasteiger partial charge is 0.337 e. The van der Waals surface area contributed by atoms with Crippen LogP contribution in [0.15, 0.2) is 35.1 Å². The molecule has 6 heteroatoms. The zero-order chi connectivity index (χ0) is 13.4. The van der Waals surface area contributed by atoms with Gasteiger partial charge < -0.3 is 5.32 Å². The molecule has 0 bridgehead atoms. The van der Waals surface area contributed by atoms with Gasteiger partial charge in [-0.15, -0.1) is 0 Å². The number of hydrogen-bond donors (Lipinski definition) is 1. The quantitative estimate of drug-likeness (QED) is 0.759. The molecule has 1 aliphatic heterocycles. The maximum atomic E-state index is 11.9. The molecular weight excluding hydrogens is 308 g/mol. The molecule has 0 saturated heterocycles. The standard InChI is InChI=1S/C13H11BrN4O/c1-8(19)18-7-9-3-2-6-15-12(9)16-10-4-5-11(14)17-13(10)18/h2-6H,7H2,1H3,(H,15,16). The van der Waals surface area contributed by atoms with Gasteiger partial charge in [-0.2, -0.15) is 0 Å². The Morgan fingerprint density at radius 2 is 2.26 bits per heavy atom. The summed E-state index contributed by atoms with van der Waals surface area (Å²) in [5.74, 6) is 1.32. The van der Waals surface area contributed by atoms with Crippen LogP contribution in [0.5, 0.6) is 0 Å². The predicted molar refractivity (Wildman–Crippen MR) is 76.3 cm³/mol. The second-order valence-electron chi connectivity index (χ2n) is 4.25. The van der Waals surface area contributed by atoms with Crippen LogP contribution < -0.4 is 10.2 Å². The molecule has 0 aromatic carbocycles. The first-order valence-corrected chi connectivity index (χ1v) is 6.60. The van der Waals surface area contributed by atoms with E-state index in [2.05, 4.69) is 31.2 Å². The number of nitrogens with one attached hydrogen (secondary N) is 1. The second-order valence-corrected chi connectivity index (χ2v) is 5.06. The van der Waals surface area contributed by atoms with Crippen LogP contribution in [-0.2, 0) is 11.3 Å². The molecule has 0 radical (unpaired) electrons. The van der Waals surface area contributed by atoms with E-state index >= 15 is 0 Å². The number of halogens is 1. The van der Waals surface area contributed by atoms with Crippen LogP contribution in [0, 0.1) is 0 Å². The number of nitrogens with zero attached hydrogens (tertiary/aromatic N) is 3. The van der Waals surface area contributed by atoms with E-state index in [4.69, 9.17) is 0 Å². The summed E-state index contributed by atoms with van der Waals surface area (Å²) in [7, 11) is 0. The minimum absolute atomic E-state index is 0.0506. The highest BCUT2D eigenvalue weighted by atomic mass is 79.9. The second kappa shape index (κ2) is 4.62. The lowest BCUT2D eigenvalue weighted by Gasteiger charge is -2.19. The number of amides is 1. The Kier molecular flexibility index (Phi) is 2.94. The Balaban J connectivity index is 2.18. The maximum Gasteiger partial charge on any atom is 0.225 e. The molecule has 19 heavy (non-hydrogen) atoms. The lowest BCUT2D eigenvalue weighted by molar-refractivity contribution is -0.116. The minimum Gasteiger partial charge on any atom is -0.337 e. The van der Waals surface area contributed by atoms with Crippen LogP contribution in [0.3, 0.4) is 0 Å². The Bertz CT molecular complexity index is 659. The van der Waals surface area contributed by atoms with E-state index in [-0.39, 0.29) is 5.91 Å². The van der Waals surface area contributed by atoms with Crippen molar-refractivity contribution in [1.29, 1.82) is 0 Å². The average Bonchev–Trinajstić information content (AvgIpc) is 2.55. The molecule has 1 N–H and O–H groups in total. The fourth-order valence-corrected chi connectivity index (χ4v) is 2.34. The van der Waals surface area contributed by atoms with E-state index < -0.39 is 0 Å². The average molecular weight is 319 g/mol. The van der Waals surface area contributed by atoms with Crippen molar-refractivity contribution in [2.75, 3.05) is 10.2 Å². The van der Waals surface area contributed by atoms with Crippen molar-refractivity contribution in [3.05, 3.63) is 40.6 Å². The molecule has 1 amide bonds. The van der Waals surface area contributed by atoms with E-state index in [0.29, 0.717) is 17.0 Å². The van der Waals surface area contributed by atoms with Crippen LogP contribution >= 0.6 is 15.9 Å². The number of rotatable bonds is 0. The van der Waals surface area contributed by atoms with Crippen molar-refractivity contribution in [3.8, 4) is 0 Å². The number of aromatic nitrogens is 2. The maximum absolute atomic E-state index is 11.9. The summed E-state index contributed by atoms with van der Waals surface area (Å²) >= 11 is 3.34. The summed E-state index contributed by atoms with van der Waals surface area (Å²) in [6.45, 7) is 2.00. The fraction of sp³-hybridized carbons (Fsp3) is 0.154. The van der Waals surface area contributed by atoms with Gasteiger partial charge in [0, 0.05) is 18.7 Å². The third kappa shape index (κ3) is 2.19. The SMILES string of the molecule is CC(=O)N1Cc2cccnc2Nc2ccc(Br)nc21. The van der Waals surface area contributed by atoms with Gasteiger partial charge in [-0.05, 0) is 34.1 Å². The molecule has 2 aromatic heterocycles. The van der Waals surface area contributed by atoms with Crippen LogP contribution in [0.25, 0.3) is 0 Å². The first kappa shape index (κ1) is 12.1. The summed E-state index contributed by atoms with van der Waals surface area (Å²) in [6, 6.07) is 7.52. The number of fused-ring (bicyclic) bond motifs is 2. The smallest absolute Gasteiger partial charge is 0.225 e. The predicted octanol–water partition coefficient (Wildman–Crippen LogP) is 2.85.